The van der Waals surface area contributed by atoms with Gasteiger partial charge in [0.2, 0.25) is 5.60 Å². The average Bonchev–Trinajstić information content (AvgIpc) is 2.63. The van der Waals surface area contributed by atoms with E-state index < -0.39 is 17.7 Å². The van der Waals surface area contributed by atoms with Gasteiger partial charge in [-0.15, -0.1) is 0 Å². The van der Waals surface area contributed by atoms with Crippen LogP contribution in [0.3, 0.4) is 0 Å². The zero-order valence-electron chi connectivity index (χ0n) is 15.9. The predicted octanol–water partition coefficient (Wildman–Crippen LogP) is 4.82. The first-order valence-electron chi connectivity index (χ1n) is 9.27. The first kappa shape index (κ1) is 19.7. The molecule has 1 aliphatic rings. The highest BCUT2D eigenvalue weighted by Gasteiger charge is 2.48. The summed E-state index contributed by atoms with van der Waals surface area (Å²) in [5.41, 5.74) is 1.46. The molecule has 0 saturated carbocycles. The molecule has 4 nitrogen and oxygen atoms in total. The van der Waals surface area contributed by atoms with E-state index in [1.807, 2.05) is 30.3 Å². The summed E-state index contributed by atoms with van der Waals surface area (Å²) in [4.78, 5) is 12.8. The number of ether oxygens (including phenoxy) is 2. The highest BCUT2D eigenvalue weighted by molar-refractivity contribution is 6.30. The van der Waals surface area contributed by atoms with E-state index >= 15 is 0 Å². The molecule has 2 atom stereocenters. The fraction of sp³-hybridized carbons (Fsp3) is 0.409. The maximum Gasteiger partial charge on any atom is 0.350 e. The van der Waals surface area contributed by atoms with Crippen LogP contribution in [0, 0.1) is 0 Å². The van der Waals surface area contributed by atoms with Crippen molar-refractivity contribution >= 4 is 17.6 Å². The largest absolute Gasteiger partial charge is 0.475 e. The maximum absolute atomic E-state index is 12.8. The van der Waals surface area contributed by atoms with Gasteiger partial charge in [0.05, 0.1) is 12.7 Å². The smallest absolute Gasteiger partial charge is 0.350 e. The molecule has 0 amide bonds. The lowest BCUT2D eigenvalue weighted by molar-refractivity contribution is -0.167. The van der Waals surface area contributed by atoms with Gasteiger partial charge in [0.1, 0.15) is 5.75 Å². The van der Waals surface area contributed by atoms with Gasteiger partial charge < -0.3 is 14.6 Å². The molecule has 0 radical (unpaired) electrons. The molecule has 0 fully saturated rings. The average molecular weight is 389 g/mol. The van der Waals surface area contributed by atoms with E-state index in [9.17, 15) is 9.90 Å². The zero-order valence-corrected chi connectivity index (χ0v) is 16.6. The number of esters is 1. The number of halogens is 1. The third-order valence-corrected chi connectivity index (χ3v) is 5.19. The number of benzene rings is 2. The minimum absolute atomic E-state index is 0.142. The predicted molar refractivity (Wildman–Crippen MR) is 105 cm³/mol. The van der Waals surface area contributed by atoms with Gasteiger partial charge in [-0.3, -0.25) is 0 Å². The molecule has 144 valence electrons. The normalized spacial score (nSPS) is 21.5. The Bertz CT molecular complexity index is 816. The molecule has 2 aromatic rings. The van der Waals surface area contributed by atoms with Crippen LogP contribution in [0.25, 0.3) is 0 Å². The third kappa shape index (κ3) is 4.12. The molecule has 3 rings (SSSR count). The van der Waals surface area contributed by atoms with Crippen molar-refractivity contribution in [3.63, 3.8) is 0 Å². The van der Waals surface area contributed by atoms with Crippen LogP contribution in [0.15, 0.2) is 42.5 Å². The van der Waals surface area contributed by atoms with Crippen LogP contribution in [0.5, 0.6) is 5.75 Å². The van der Waals surface area contributed by atoms with Gasteiger partial charge in [-0.25, -0.2) is 4.79 Å². The molecule has 0 aliphatic carbocycles. The monoisotopic (exact) mass is 388 g/mol. The minimum Gasteiger partial charge on any atom is -0.475 e. The summed E-state index contributed by atoms with van der Waals surface area (Å²) in [5, 5.41) is 11.5. The van der Waals surface area contributed by atoms with Crippen LogP contribution >= 0.6 is 11.6 Å². The van der Waals surface area contributed by atoms with E-state index in [0.717, 1.165) is 16.7 Å². The fourth-order valence-electron chi connectivity index (χ4n) is 3.45. The number of hydrogen-bond donors (Lipinski definition) is 1. The Labute approximate surface area is 165 Å². The topological polar surface area (TPSA) is 55.8 Å². The van der Waals surface area contributed by atoms with Gasteiger partial charge >= 0.3 is 5.97 Å². The summed E-state index contributed by atoms with van der Waals surface area (Å²) in [6, 6.07) is 13.0. The van der Waals surface area contributed by atoms with Crippen LogP contribution < -0.4 is 4.74 Å². The Morgan fingerprint density at radius 1 is 1.30 bits per heavy atom. The molecule has 0 saturated heterocycles. The molecule has 27 heavy (non-hydrogen) atoms. The van der Waals surface area contributed by atoms with E-state index in [2.05, 4.69) is 13.8 Å². The Hall–Kier alpha value is -2.04. The quantitative estimate of drug-likeness (QED) is 0.746. The highest BCUT2D eigenvalue weighted by Crippen LogP contribution is 2.43. The summed E-state index contributed by atoms with van der Waals surface area (Å²) in [6.07, 6.45) is -0.363. The first-order chi connectivity index (χ1) is 12.8. The summed E-state index contributed by atoms with van der Waals surface area (Å²) < 4.78 is 11.5. The molecule has 2 aromatic carbocycles. The van der Waals surface area contributed by atoms with Gasteiger partial charge in [0.25, 0.3) is 0 Å². The molecule has 1 N–H and O–H groups in total. The lowest BCUT2D eigenvalue weighted by atomic mass is 9.83. The van der Waals surface area contributed by atoms with Gasteiger partial charge in [-0.1, -0.05) is 43.6 Å². The van der Waals surface area contributed by atoms with Crippen molar-refractivity contribution in [2.75, 3.05) is 6.61 Å². The molecule has 5 heteroatoms. The second-order valence-electron chi connectivity index (χ2n) is 7.29. The zero-order chi connectivity index (χ0) is 19.6. The maximum atomic E-state index is 12.8. The number of aliphatic hydroxyl groups is 1. The number of fused-ring (bicyclic) bond motifs is 1. The van der Waals surface area contributed by atoms with Gasteiger partial charge in [0.15, 0.2) is 0 Å². The van der Waals surface area contributed by atoms with Gasteiger partial charge in [-0.05, 0) is 48.2 Å². The SMILES string of the molecule is CCOC(=O)C1(Cc2ccc(Cl)cc2)CC(O)c2cc(C(C)C)ccc2O1. The fourth-order valence-corrected chi connectivity index (χ4v) is 3.58. The molecule has 1 heterocycles. The summed E-state index contributed by atoms with van der Waals surface area (Å²) >= 11 is 5.97. The van der Waals surface area contributed by atoms with Crippen LogP contribution in [-0.4, -0.2) is 23.3 Å². The third-order valence-electron chi connectivity index (χ3n) is 4.94. The van der Waals surface area contributed by atoms with Gasteiger partial charge in [0, 0.05) is 23.4 Å². The number of aliphatic hydroxyl groups excluding tert-OH is 1. The molecule has 1 aliphatic heterocycles. The van der Waals surface area contributed by atoms with Crippen LogP contribution in [-0.2, 0) is 16.0 Å². The lowest BCUT2D eigenvalue weighted by Gasteiger charge is -2.39. The number of carbonyl (C=O) groups is 1. The Balaban J connectivity index is 1.99. The number of hydrogen-bond acceptors (Lipinski definition) is 4. The molecular formula is C22H25ClO4. The van der Waals surface area contributed by atoms with E-state index in [1.54, 1.807) is 19.1 Å². The molecule has 2 unspecified atom stereocenters. The van der Waals surface area contributed by atoms with Crippen LogP contribution in [0.2, 0.25) is 5.02 Å². The van der Waals surface area contributed by atoms with Crippen LogP contribution in [0.4, 0.5) is 0 Å². The van der Waals surface area contributed by atoms with Crippen molar-refractivity contribution in [3.8, 4) is 5.75 Å². The van der Waals surface area contributed by atoms with Crippen molar-refractivity contribution in [2.24, 2.45) is 0 Å². The van der Waals surface area contributed by atoms with Crippen molar-refractivity contribution < 1.29 is 19.4 Å². The Kier molecular flexibility index (Phi) is 5.78. The van der Waals surface area contributed by atoms with E-state index in [1.165, 1.54) is 0 Å². The minimum atomic E-state index is -1.27. The second-order valence-corrected chi connectivity index (χ2v) is 7.73. The summed E-state index contributed by atoms with van der Waals surface area (Å²) in [6.45, 7) is 6.21. The highest BCUT2D eigenvalue weighted by atomic mass is 35.5. The van der Waals surface area contributed by atoms with Gasteiger partial charge in [-0.2, -0.15) is 0 Å². The van der Waals surface area contributed by atoms with E-state index in [4.69, 9.17) is 21.1 Å². The van der Waals surface area contributed by atoms with Crippen molar-refractivity contribution in [3.05, 3.63) is 64.2 Å². The number of carbonyl (C=O) groups excluding carboxylic acids is 1. The summed E-state index contributed by atoms with van der Waals surface area (Å²) in [7, 11) is 0. The second kappa shape index (κ2) is 7.91. The van der Waals surface area contributed by atoms with Crippen molar-refractivity contribution in [2.45, 2.75) is 51.2 Å². The van der Waals surface area contributed by atoms with Crippen LogP contribution in [0.1, 0.15) is 55.9 Å². The molecule has 0 bridgehead atoms. The lowest BCUT2D eigenvalue weighted by Crippen LogP contribution is -2.51. The molecular weight excluding hydrogens is 364 g/mol. The van der Waals surface area contributed by atoms with E-state index in [0.29, 0.717) is 23.1 Å². The molecule has 0 spiro atoms. The van der Waals surface area contributed by atoms with E-state index in [-0.39, 0.29) is 13.0 Å². The number of rotatable bonds is 5. The van der Waals surface area contributed by atoms with Crippen molar-refractivity contribution in [1.82, 2.24) is 0 Å². The Morgan fingerprint density at radius 2 is 2.00 bits per heavy atom. The van der Waals surface area contributed by atoms with Crippen molar-refractivity contribution in [1.29, 1.82) is 0 Å². The Morgan fingerprint density at radius 3 is 2.63 bits per heavy atom. The molecule has 0 aromatic heterocycles. The first-order valence-corrected chi connectivity index (χ1v) is 9.65. The standard InChI is InChI=1S/C22H25ClO4/c1-4-26-21(25)22(12-15-5-8-17(23)9-6-15)13-19(24)18-11-16(14(2)3)7-10-20(18)27-22/h5-11,14,19,24H,4,12-13H2,1-3H3. The summed E-state index contributed by atoms with van der Waals surface area (Å²) in [5.74, 6) is 0.408.